The van der Waals surface area contributed by atoms with Gasteiger partial charge in [-0.05, 0) is 42.8 Å². The third-order valence-corrected chi connectivity index (χ3v) is 5.12. The second-order valence-electron chi connectivity index (χ2n) is 5.85. The number of carbonyl (C=O) groups excluding carboxylic acids is 1. The van der Waals surface area contributed by atoms with Gasteiger partial charge in [0.25, 0.3) is 5.91 Å². The van der Waals surface area contributed by atoms with Crippen LogP contribution >= 0.6 is 11.3 Å². The molecule has 2 aromatic carbocycles. The summed E-state index contributed by atoms with van der Waals surface area (Å²) in [5, 5.41) is 9.82. The van der Waals surface area contributed by atoms with Gasteiger partial charge in [-0.3, -0.25) is 4.79 Å². The van der Waals surface area contributed by atoms with Crippen molar-refractivity contribution in [2.45, 2.75) is 13.3 Å². The Bertz CT molecular complexity index is 989. The molecule has 1 amide bonds. The number of benzene rings is 2. The molecule has 1 aromatic heterocycles. The van der Waals surface area contributed by atoms with Crippen LogP contribution in [0.1, 0.15) is 31.5 Å². The summed E-state index contributed by atoms with van der Waals surface area (Å²) in [6.45, 7) is 1.80. The Hall–Kier alpha value is -3.04. The number of aryl methyl sites for hydroxylation is 1. The minimum absolute atomic E-state index is 0.166. The lowest BCUT2D eigenvalue weighted by Gasteiger charge is -2.16. The second-order valence-corrected chi connectivity index (χ2v) is 6.94. The molecular formula is C20H16FN3OS. The average Bonchev–Trinajstić information content (AvgIpc) is 3.02. The van der Waals surface area contributed by atoms with Gasteiger partial charge in [-0.2, -0.15) is 5.26 Å². The van der Waals surface area contributed by atoms with E-state index in [-0.39, 0.29) is 11.7 Å². The van der Waals surface area contributed by atoms with Crippen molar-refractivity contribution in [1.29, 1.82) is 5.26 Å². The molecule has 3 aromatic rings. The lowest BCUT2D eigenvalue weighted by Crippen LogP contribution is -2.26. The normalized spacial score (nSPS) is 10.4. The van der Waals surface area contributed by atoms with Gasteiger partial charge < -0.3 is 4.90 Å². The molecule has 0 unspecified atom stereocenters. The molecule has 1 heterocycles. The smallest absolute Gasteiger partial charge is 0.270 e. The number of nitrogens with zero attached hydrogens (tertiary/aromatic N) is 3. The van der Waals surface area contributed by atoms with Gasteiger partial charge in [-0.15, -0.1) is 11.3 Å². The van der Waals surface area contributed by atoms with E-state index in [4.69, 9.17) is 5.26 Å². The molecule has 0 atom stereocenters. The summed E-state index contributed by atoms with van der Waals surface area (Å²) in [6, 6.07) is 15.2. The first-order chi connectivity index (χ1) is 12.5. The van der Waals surface area contributed by atoms with E-state index in [2.05, 4.69) is 11.1 Å². The van der Waals surface area contributed by atoms with E-state index in [9.17, 15) is 9.18 Å². The molecule has 0 saturated heterocycles. The maximum Gasteiger partial charge on any atom is 0.270 e. The van der Waals surface area contributed by atoms with Crippen LogP contribution in [-0.4, -0.2) is 17.9 Å². The fourth-order valence-electron chi connectivity index (χ4n) is 2.56. The van der Waals surface area contributed by atoms with Crippen LogP contribution in [0.3, 0.4) is 0 Å². The minimum Gasteiger partial charge on any atom is -0.311 e. The highest BCUT2D eigenvalue weighted by Crippen LogP contribution is 2.25. The van der Waals surface area contributed by atoms with E-state index in [1.54, 1.807) is 50.4 Å². The van der Waals surface area contributed by atoms with Crippen molar-refractivity contribution >= 4 is 22.9 Å². The maximum atomic E-state index is 13.0. The van der Waals surface area contributed by atoms with E-state index in [0.717, 1.165) is 10.6 Å². The largest absolute Gasteiger partial charge is 0.311 e. The summed E-state index contributed by atoms with van der Waals surface area (Å²) in [5.41, 5.74) is 2.76. The molecular weight excluding hydrogens is 349 g/mol. The predicted octanol–water partition coefficient (Wildman–Crippen LogP) is 4.33. The van der Waals surface area contributed by atoms with Crippen molar-refractivity contribution in [1.82, 2.24) is 4.98 Å². The van der Waals surface area contributed by atoms with Gasteiger partial charge in [0, 0.05) is 19.2 Å². The van der Waals surface area contributed by atoms with Crippen LogP contribution in [0, 0.1) is 24.1 Å². The molecule has 0 aliphatic heterocycles. The van der Waals surface area contributed by atoms with Crippen LogP contribution in [0.4, 0.5) is 10.1 Å². The summed E-state index contributed by atoms with van der Waals surface area (Å²) in [4.78, 5) is 19.4. The number of hydrogen-bond acceptors (Lipinski definition) is 4. The first kappa shape index (κ1) is 17.8. The monoisotopic (exact) mass is 365 g/mol. The number of aromatic nitrogens is 1. The first-order valence-corrected chi connectivity index (χ1v) is 8.78. The Morgan fingerprint density at radius 2 is 2.00 bits per heavy atom. The van der Waals surface area contributed by atoms with E-state index in [1.165, 1.54) is 28.4 Å². The molecule has 130 valence electrons. The van der Waals surface area contributed by atoms with Crippen LogP contribution in [0.25, 0.3) is 0 Å². The SMILES string of the molecule is Cc1nc(Cc2ccc(F)cc2)sc1C(=O)N(C)c1cccc(C#N)c1. The number of nitriles is 1. The topological polar surface area (TPSA) is 57.0 Å². The van der Waals surface area contributed by atoms with Gasteiger partial charge in [0.05, 0.1) is 22.3 Å². The van der Waals surface area contributed by atoms with Crippen molar-refractivity contribution in [2.75, 3.05) is 11.9 Å². The zero-order valence-electron chi connectivity index (χ0n) is 14.4. The number of rotatable bonds is 4. The van der Waals surface area contributed by atoms with Crippen LogP contribution in [0.2, 0.25) is 0 Å². The van der Waals surface area contributed by atoms with E-state index < -0.39 is 0 Å². The number of anilines is 1. The summed E-state index contributed by atoms with van der Waals surface area (Å²) < 4.78 is 13.0. The molecule has 0 spiro atoms. The molecule has 0 bridgehead atoms. The van der Waals surface area contributed by atoms with Gasteiger partial charge in [0.2, 0.25) is 0 Å². The highest BCUT2D eigenvalue weighted by molar-refractivity contribution is 7.14. The summed E-state index contributed by atoms with van der Waals surface area (Å²) in [6.07, 6.45) is 0.548. The Kier molecular flexibility index (Phi) is 5.10. The first-order valence-electron chi connectivity index (χ1n) is 7.97. The van der Waals surface area contributed by atoms with Crippen molar-refractivity contribution < 1.29 is 9.18 Å². The molecule has 0 N–H and O–H groups in total. The number of carbonyl (C=O) groups is 1. The fourth-order valence-corrected chi connectivity index (χ4v) is 3.63. The third kappa shape index (κ3) is 3.79. The summed E-state index contributed by atoms with van der Waals surface area (Å²) in [5.74, 6) is -0.443. The lowest BCUT2D eigenvalue weighted by molar-refractivity contribution is 0.0996. The van der Waals surface area contributed by atoms with Crippen LogP contribution in [0.15, 0.2) is 48.5 Å². The fraction of sp³-hybridized carbons (Fsp3) is 0.150. The average molecular weight is 365 g/mol. The molecule has 4 nitrogen and oxygen atoms in total. The Balaban J connectivity index is 1.82. The van der Waals surface area contributed by atoms with Gasteiger partial charge in [-0.1, -0.05) is 18.2 Å². The number of halogens is 1. The van der Waals surface area contributed by atoms with Crippen molar-refractivity contribution in [3.8, 4) is 6.07 Å². The van der Waals surface area contributed by atoms with Crippen molar-refractivity contribution in [3.63, 3.8) is 0 Å². The summed E-state index contributed by atoms with van der Waals surface area (Å²) >= 11 is 1.34. The zero-order chi connectivity index (χ0) is 18.7. The molecule has 0 fully saturated rings. The van der Waals surface area contributed by atoms with Gasteiger partial charge in [0.1, 0.15) is 10.7 Å². The third-order valence-electron chi connectivity index (χ3n) is 3.97. The number of thiazole rings is 1. The van der Waals surface area contributed by atoms with Gasteiger partial charge in [-0.25, -0.2) is 9.37 Å². The predicted molar refractivity (Wildman–Crippen MR) is 99.9 cm³/mol. The second kappa shape index (κ2) is 7.46. The number of amides is 1. The Morgan fingerprint density at radius 3 is 2.69 bits per heavy atom. The highest BCUT2D eigenvalue weighted by Gasteiger charge is 2.20. The Morgan fingerprint density at radius 1 is 1.27 bits per heavy atom. The van der Waals surface area contributed by atoms with Gasteiger partial charge >= 0.3 is 0 Å². The standard InChI is InChI=1S/C20H16FN3OS/c1-13-19(20(25)24(2)17-5-3-4-15(10-17)12-22)26-18(23-13)11-14-6-8-16(21)9-7-14/h3-10H,11H2,1-2H3. The quantitative estimate of drug-likeness (QED) is 0.691. The van der Waals surface area contributed by atoms with Crippen LogP contribution < -0.4 is 4.90 Å². The summed E-state index contributed by atoms with van der Waals surface area (Å²) in [7, 11) is 1.68. The molecule has 3 rings (SSSR count). The van der Waals surface area contributed by atoms with Crippen LogP contribution in [-0.2, 0) is 6.42 Å². The maximum absolute atomic E-state index is 13.0. The Labute approximate surface area is 155 Å². The van der Waals surface area contributed by atoms with E-state index in [0.29, 0.717) is 28.2 Å². The van der Waals surface area contributed by atoms with Gasteiger partial charge in [0.15, 0.2) is 0 Å². The molecule has 0 aliphatic carbocycles. The molecule has 26 heavy (non-hydrogen) atoms. The van der Waals surface area contributed by atoms with Crippen molar-refractivity contribution in [2.24, 2.45) is 0 Å². The molecule has 0 aliphatic rings. The van der Waals surface area contributed by atoms with E-state index in [1.807, 2.05) is 0 Å². The zero-order valence-corrected chi connectivity index (χ0v) is 15.2. The molecule has 6 heteroatoms. The molecule has 0 saturated carbocycles. The highest BCUT2D eigenvalue weighted by atomic mass is 32.1. The lowest BCUT2D eigenvalue weighted by atomic mass is 10.1. The number of hydrogen-bond donors (Lipinski definition) is 0. The minimum atomic E-state index is -0.277. The van der Waals surface area contributed by atoms with Crippen molar-refractivity contribution in [3.05, 3.63) is 81.1 Å². The molecule has 0 radical (unpaired) electrons. The van der Waals surface area contributed by atoms with E-state index >= 15 is 0 Å². The van der Waals surface area contributed by atoms with Crippen LogP contribution in [0.5, 0.6) is 0 Å².